The quantitative estimate of drug-likeness (QED) is 0.611. The summed E-state index contributed by atoms with van der Waals surface area (Å²) in [4.78, 5) is 35.4. The Balaban J connectivity index is 1.98. The van der Waals surface area contributed by atoms with E-state index in [1.54, 1.807) is 19.2 Å². The number of cyclic esters (lactones) is 1. The minimum atomic E-state index is -1.31. The lowest BCUT2D eigenvalue weighted by Crippen LogP contribution is -2.35. The van der Waals surface area contributed by atoms with Gasteiger partial charge in [0.15, 0.2) is 17.5 Å². The maximum atomic E-state index is 12.0. The number of carbonyl (C=O) groups is 3. The monoisotopic (exact) mass is 288 g/mol. The largest absolute Gasteiger partial charge is 0.497 e. The van der Waals surface area contributed by atoms with Crippen molar-refractivity contribution in [2.75, 3.05) is 7.11 Å². The maximum absolute atomic E-state index is 12.0. The highest BCUT2D eigenvalue weighted by atomic mass is 16.5. The van der Waals surface area contributed by atoms with Crippen molar-refractivity contribution in [1.29, 1.82) is 0 Å². The second-order valence-corrected chi connectivity index (χ2v) is 4.83. The van der Waals surface area contributed by atoms with Crippen LogP contribution in [0.4, 0.5) is 0 Å². The molecule has 0 saturated heterocycles. The van der Waals surface area contributed by atoms with Crippen LogP contribution in [-0.2, 0) is 25.5 Å². The summed E-state index contributed by atoms with van der Waals surface area (Å²) in [6.07, 6.45) is 1.77. The SMILES string of the molecule is COc1ccc(CCC(=O)C2C(=O)C=C(C)OC2=O)cc1. The fourth-order valence-electron chi connectivity index (χ4n) is 2.14. The van der Waals surface area contributed by atoms with Crippen molar-refractivity contribution in [2.45, 2.75) is 19.8 Å². The van der Waals surface area contributed by atoms with Crippen LogP contribution in [0, 0.1) is 5.92 Å². The third-order valence-corrected chi connectivity index (χ3v) is 3.27. The van der Waals surface area contributed by atoms with Crippen molar-refractivity contribution in [3.8, 4) is 5.75 Å². The van der Waals surface area contributed by atoms with Crippen LogP contribution in [0.25, 0.3) is 0 Å². The average Bonchev–Trinajstić information content (AvgIpc) is 2.44. The van der Waals surface area contributed by atoms with Crippen LogP contribution in [0.1, 0.15) is 18.9 Å². The van der Waals surface area contributed by atoms with Gasteiger partial charge in [0.05, 0.1) is 7.11 Å². The van der Waals surface area contributed by atoms with E-state index in [4.69, 9.17) is 9.47 Å². The zero-order chi connectivity index (χ0) is 15.4. The molecule has 0 spiro atoms. The van der Waals surface area contributed by atoms with Crippen LogP contribution in [-0.4, -0.2) is 24.6 Å². The predicted molar refractivity (Wildman–Crippen MR) is 74.7 cm³/mol. The van der Waals surface area contributed by atoms with Gasteiger partial charge < -0.3 is 9.47 Å². The van der Waals surface area contributed by atoms with E-state index in [1.807, 2.05) is 12.1 Å². The number of esters is 1. The molecule has 0 bridgehead atoms. The summed E-state index contributed by atoms with van der Waals surface area (Å²) in [6, 6.07) is 7.28. The molecule has 1 aromatic rings. The minimum absolute atomic E-state index is 0.116. The van der Waals surface area contributed by atoms with Crippen molar-refractivity contribution in [3.63, 3.8) is 0 Å². The summed E-state index contributed by atoms with van der Waals surface area (Å²) in [5.41, 5.74) is 0.937. The van der Waals surface area contributed by atoms with Crippen LogP contribution in [0.3, 0.4) is 0 Å². The van der Waals surface area contributed by atoms with E-state index in [0.29, 0.717) is 6.42 Å². The molecule has 0 fully saturated rings. The summed E-state index contributed by atoms with van der Waals surface area (Å²) in [7, 11) is 1.58. The minimum Gasteiger partial charge on any atom is -0.497 e. The number of Topliss-reactive ketones (excluding diaryl/α,β-unsaturated/α-hetero) is 1. The average molecular weight is 288 g/mol. The molecule has 0 amide bonds. The van der Waals surface area contributed by atoms with Crippen LogP contribution >= 0.6 is 0 Å². The number of aryl methyl sites for hydroxylation is 1. The Morgan fingerprint density at radius 1 is 1.24 bits per heavy atom. The Bertz CT molecular complexity index is 598. The molecule has 21 heavy (non-hydrogen) atoms. The normalized spacial score (nSPS) is 18.0. The van der Waals surface area contributed by atoms with Crippen LogP contribution in [0.15, 0.2) is 36.1 Å². The highest BCUT2D eigenvalue weighted by molar-refractivity contribution is 6.22. The number of allylic oxidation sites excluding steroid dienone is 2. The molecule has 1 aliphatic rings. The van der Waals surface area contributed by atoms with Crippen molar-refractivity contribution in [3.05, 3.63) is 41.7 Å². The lowest BCUT2D eigenvalue weighted by molar-refractivity contribution is -0.152. The highest BCUT2D eigenvalue weighted by Gasteiger charge is 2.36. The third-order valence-electron chi connectivity index (χ3n) is 3.27. The van der Waals surface area contributed by atoms with Gasteiger partial charge in [0.25, 0.3) is 0 Å². The molecule has 1 aromatic carbocycles. The standard InChI is InChI=1S/C16H16O5/c1-10-9-14(18)15(16(19)21-10)13(17)8-5-11-3-6-12(20-2)7-4-11/h3-4,6-7,9,15H,5,8H2,1-2H3. The van der Waals surface area contributed by atoms with Crippen molar-refractivity contribution < 1.29 is 23.9 Å². The Morgan fingerprint density at radius 2 is 1.90 bits per heavy atom. The summed E-state index contributed by atoms with van der Waals surface area (Å²) >= 11 is 0. The molecule has 1 atom stereocenters. The Labute approximate surface area is 122 Å². The van der Waals surface area contributed by atoms with Crippen LogP contribution < -0.4 is 4.74 Å². The molecule has 0 aromatic heterocycles. The summed E-state index contributed by atoms with van der Waals surface area (Å²) in [6.45, 7) is 1.51. The van der Waals surface area contributed by atoms with E-state index in [-0.39, 0.29) is 12.2 Å². The molecule has 2 rings (SSSR count). The number of ether oxygens (including phenoxy) is 2. The van der Waals surface area contributed by atoms with Gasteiger partial charge in [-0.3, -0.25) is 14.4 Å². The van der Waals surface area contributed by atoms with Crippen LogP contribution in [0.5, 0.6) is 5.75 Å². The Morgan fingerprint density at radius 3 is 2.48 bits per heavy atom. The third kappa shape index (κ3) is 3.56. The number of ketones is 2. The summed E-state index contributed by atoms with van der Waals surface area (Å²) < 4.78 is 9.89. The summed E-state index contributed by atoms with van der Waals surface area (Å²) in [5, 5.41) is 0. The zero-order valence-corrected chi connectivity index (χ0v) is 11.9. The predicted octanol–water partition coefficient (Wildman–Crippen LogP) is 1.84. The molecule has 0 N–H and O–H groups in total. The zero-order valence-electron chi connectivity index (χ0n) is 11.9. The van der Waals surface area contributed by atoms with E-state index >= 15 is 0 Å². The molecular weight excluding hydrogens is 272 g/mol. The van der Waals surface area contributed by atoms with Gasteiger partial charge in [-0.2, -0.15) is 0 Å². The van der Waals surface area contributed by atoms with Gasteiger partial charge in [-0.05, 0) is 31.0 Å². The first-order valence-electron chi connectivity index (χ1n) is 6.60. The molecule has 5 nitrogen and oxygen atoms in total. The van der Waals surface area contributed by atoms with E-state index in [1.165, 1.54) is 13.0 Å². The Hall–Kier alpha value is -2.43. The first-order valence-corrected chi connectivity index (χ1v) is 6.60. The number of rotatable bonds is 5. The second kappa shape index (κ2) is 6.35. The molecule has 5 heteroatoms. The number of benzene rings is 1. The molecular formula is C16H16O5. The van der Waals surface area contributed by atoms with E-state index in [2.05, 4.69) is 0 Å². The van der Waals surface area contributed by atoms with Crippen LogP contribution in [0.2, 0.25) is 0 Å². The van der Waals surface area contributed by atoms with Gasteiger partial charge in [-0.15, -0.1) is 0 Å². The van der Waals surface area contributed by atoms with Crippen molar-refractivity contribution in [1.82, 2.24) is 0 Å². The fraction of sp³-hybridized carbons (Fsp3) is 0.312. The number of hydrogen-bond acceptors (Lipinski definition) is 5. The summed E-state index contributed by atoms with van der Waals surface area (Å²) in [5.74, 6) is -2.04. The molecule has 0 radical (unpaired) electrons. The first kappa shape index (κ1) is 15.0. The topological polar surface area (TPSA) is 69.7 Å². The molecule has 1 aliphatic heterocycles. The molecule has 1 unspecified atom stereocenters. The van der Waals surface area contributed by atoms with Crippen molar-refractivity contribution >= 4 is 17.5 Å². The Kier molecular flexibility index (Phi) is 4.52. The lowest BCUT2D eigenvalue weighted by Gasteiger charge is -2.17. The number of methoxy groups -OCH3 is 1. The second-order valence-electron chi connectivity index (χ2n) is 4.83. The van der Waals surface area contributed by atoms with Gasteiger partial charge in [-0.25, -0.2) is 0 Å². The van der Waals surface area contributed by atoms with Crippen molar-refractivity contribution in [2.24, 2.45) is 5.92 Å². The van der Waals surface area contributed by atoms with E-state index in [9.17, 15) is 14.4 Å². The van der Waals surface area contributed by atoms with Gasteiger partial charge in [0, 0.05) is 12.5 Å². The van der Waals surface area contributed by atoms with E-state index in [0.717, 1.165) is 11.3 Å². The van der Waals surface area contributed by atoms with Gasteiger partial charge in [0.1, 0.15) is 11.5 Å². The smallest absolute Gasteiger partial charge is 0.329 e. The first-order chi connectivity index (χ1) is 10.0. The molecule has 110 valence electrons. The van der Waals surface area contributed by atoms with Gasteiger partial charge in [-0.1, -0.05) is 12.1 Å². The van der Waals surface area contributed by atoms with E-state index < -0.39 is 23.5 Å². The lowest BCUT2D eigenvalue weighted by atomic mass is 9.92. The number of carbonyl (C=O) groups excluding carboxylic acids is 3. The van der Waals surface area contributed by atoms with Gasteiger partial charge >= 0.3 is 5.97 Å². The highest BCUT2D eigenvalue weighted by Crippen LogP contribution is 2.18. The van der Waals surface area contributed by atoms with Gasteiger partial charge in [0.2, 0.25) is 0 Å². The maximum Gasteiger partial charge on any atom is 0.329 e. The molecule has 1 heterocycles. The fourth-order valence-corrected chi connectivity index (χ4v) is 2.14. The molecule has 0 aliphatic carbocycles. The number of hydrogen-bond donors (Lipinski definition) is 0. The molecule has 0 saturated carbocycles.